The van der Waals surface area contributed by atoms with Gasteiger partial charge in [-0.3, -0.25) is 4.99 Å². The van der Waals surface area contributed by atoms with Crippen molar-refractivity contribution in [1.82, 2.24) is 15.6 Å². The predicted molar refractivity (Wildman–Crippen MR) is 75.3 cm³/mol. The molecule has 0 fully saturated rings. The molecule has 1 aromatic heterocycles. The molecule has 6 heteroatoms. The summed E-state index contributed by atoms with van der Waals surface area (Å²) in [6.07, 6.45) is 0. The van der Waals surface area contributed by atoms with Gasteiger partial charge in [-0.2, -0.15) is 0 Å². The number of aryl methyl sites for hydroxylation is 2. The van der Waals surface area contributed by atoms with Crippen molar-refractivity contribution in [2.45, 2.75) is 27.3 Å². The van der Waals surface area contributed by atoms with Crippen LogP contribution in [0.4, 0.5) is 0 Å². The Labute approximate surface area is 113 Å². The average Bonchev–Trinajstić information content (AvgIpc) is 2.53. The molecule has 0 aliphatic heterocycles. The smallest absolute Gasteiger partial charge is 0.214 e. The number of aromatic nitrogens is 1. The van der Waals surface area contributed by atoms with Crippen molar-refractivity contribution in [3.63, 3.8) is 0 Å². The van der Waals surface area contributed by atoms with Crippen molar-refractivity contribution in [1.29, 1.82) is 0 Å². The molecule has 0 saturated carbocycles. The molecule has 0 aromatic carbocycles. The minimum Gasteiger partial charge on any atom is -0.444 e. The molecule has 16 heavy (non-hydrogen) atoms. The van der Waals surface area contributed by atoms with Crippen molar-refractivity contribution in [3.8, 4) is 0 Å². The van der Waals surface area contributed by atoms with Crippen LogP contribution in [0.5, 0.6) is 0 Å². The summed E-state index contributed by atoms with van der Waals surface area (Å²) in [6.45, 7) is 7.25. The fourth-order valence-corrected chi connectivity index (χ4v) is 1.16. The fraction of sp³-hybridized carbons (Fsp3) is 0.600. The van der Waals surface area contributed by atoms with E-state index >= 15 is 0 Å². The summed E-state index contributed by atoms with van der Waals surface area (Å²) in [4.78, 5) is 8.31. The summed E-state index contributed by atoms with van der Waals surface area (Å²) in [5.41, 5.74) is 0.935. The van der Waals surface area contributed by atoms with Crippen LogP contribution in [0.25, 0.3) is 0 Å². The van der Waals surface area contributed by atoms with E-state index in [9.17, 15) is 0 Å². The third kappa shape index (κ3) is 4.38. The Morgan fingerprint density at radius 1 is 1.38 bits per heavy atom. The van der Waals surface area contributed by atoms with Crippen molar-refractivity contribution in [3.05, 3.63) is 17.3 Å². The van der Waals surface area contributed by atoms with Gasteiger partial charge < -0.3 is 15.1 Å². The predicted octanol–water partition coefficient (Wildman–Crippen LogP) is 1.59. The van der Waals surface area contributed by atoms with Gasteiger partial charge in [0.25, 0.3) is 0 Å². The van der Waals surface area contributed by atoms with E-state index < -0.39 is 0 Å². The number of hydrogen-bond donors (Lipinski definition) is 2. The lowest BCUT2D eigenvalue weighted by molar-refractivity contribution is 0.464. The molecular weight excluding hydrogens is 319 g/mol. The normalized spacial score (nSPS) is 10.9. The number of hydrogen-bond acceptors (Lipinski definition) is 3. The maximum atomic E-state index is 5.43. The summed E-state index contributed by atoms with van der Waals surface area (Å²) in [6, 6.07) is 0. The molecule has 1 rings (SSSR count). The van der Waals surface area contributed by atoms with Crippen LogP contribution in [0.2, 0.25) is 0 Å². The van der Waals surface area contributed by atoms with Crippen LogP contribution < -0.4 is 10.6 Å². The summed E-state index contributed by atoms with van der Waals surface area (Å²) < 4.78 is 5.43. The summed E-state index contributed by atoms with van der Waals surface area (Å²) in [7, 11) is 1.73. The van der Waals surface area contributed by atoms with Crippen LogP contribution in [-0.2, 0) is 6.54 Å². The van der Waals surface area contributed by atoms with Crippen molar-refractivity contribution >= 4 is 29.9 Å². The lowest BCUT2D eigenvalue weighted by atomic mass is 10.4. The number of guanidine groups is 1. The van der Waals surface area contributed by atoms with Gasteiger partial charge in [0.2, 0.25) is 5.89 Å². The van der Waals surface area contributed by atoms with Gasteiger partial charge in [-0.1, -0.05) is 0 Å². The van der Waals surface area contributed by atoms with Crippen LogP contribution in [0.3, 0.4) is 0 Å². The zero-order chi connectivity index (χ0) is 11.3. The van der Waals surface area contributed by atoms with Crippen molar-refractivity contribution in [2.75, 3.05) is 13.6 Å². The van der Waals surface area contributed by atoms with Crippen LogP contribution in [0.15, 0.2) is 9.41 Å². The molecule has 1 heterocycles. The van der Waals surface area contributed by atoms with Gasteiger partial charge in [0, 0.05) is 13.6 Å². The first kappa shape index (κ1) is 15.2. The first-order valence-electron chi connectivity index (χ1n) is 5.04. The van der Waals surface area contributed by atoms with Gasteiger partial charge in [0.1, 0.15) is 5.76 Å². The lowest BCUT2D eigenvalue weighted by Crippen LogP contribution is -2.36. The highest BCUT2D eigenvalue weighted by Gasteiger charge is 2.05. The Bertz CT molecular complexity index is 329. The second-order valence-electron chi connectivity index (χ2n) is 3.21. The maximum absolute atomic E-state index is 5.43. The van der Waals surface area contributed by atoms with Crippen molar-refractivity contribution in [2.24, 2.45) is 4.99 Å². The SMILES string of the molecule is CCNC(=NC)NCc1nc(C)c(C)o1.I. The third-order valence-electron chi connectivity index (χ3n) is 2.05. The van der Waals surface area contributed by atoms with E-state index in [4.69, 9.17) is 4.42 Å². The van der Waals surface area contributed by atoms with Gasteiger partial charge in [-0.15, -0.1) is 24.0 Å². The number of rotatable bonds is 3. The highest BCUT2D eigenvalue weighted by atomic mass is 127. The van der Waals surface area contributed by atoms with E-state index in [1.54, 1.807) is 7.05 Å². The molecule has 0 amide bonds. The second-order valence-corrected chi connectivity index (χ2v) is 3.21. The van der Waals surface area contributed by atoms with E-state index in [0.29, 0.717) is 12.4 Å². The largest absolute Gasteiger partial charge is 0.444 e. The Morgan fingerprint density at radius 2 is 2.06 bits per heavy atom. The molecule has 0 unspecified atom stereocenters. The van der Waals surface area contributed by atoms with Crippen LogP contribution in [0.1, 0.15) is 24.3 Å². The van der Waals surface area contributed by atoms with Crippen LogP contribution >= 0.6 is 24.0 Å². The lowest BCUT2D eigenvalue weighted by Gasteiger charge is -2.07. The molecular formula is C10H19IN4O. The number of halogens is 1. The third-order valence-corrected chi connectivity index (χ3v) is 2.05. The van der Waals surface area contributed by atoms with Gasteiger partial charge in [0.05, 0.1) is 12.2 Å². The Hall–Kier alpha value is -0.790. The van der Waals surface area contributed by atoms with Gasteiger partial charge >= 0.3 is 0 Å². The second kappa shape index (κ2) is 7.48. The Balaban J connectivity index is 0.00000225. The van der Waals surface area contributed by atoms with E-state index in [-0.39, 0.29) is 24.0 Å². The number of nitrogens with zero attached hydrogens (tertiary/aromatic N) is 2. The first-order chi connectivity index (χ1) is 7.17. The van der Waals surface area contributed by atoms with E-state index in [2.05, 4.69) is 20.6 Å². The topological polar surface area (TPSA) is 62.5 Å². The molecule has 92 valence electrons. The molecule has 0 aliphatic carbocycles. The monoisotopic (exact) mass is 338 g/mol. The maximum Gasteiger partial charge on any atom is 0.214 e. The minimum atomic E-state index is 0. The Kier molecular flexibility index (Phi) is 7.11. The summed E-state index contributed by atoms with van der Waals surface area (Å²) >= 11 is 0. The number of nitrogens with one attached hydrogen (secondary N) is 2. The molecule has 5 nitrogen and oxygen atoms in total. The standard InChI is InChI=1S/C10H18N4O.HI/c1-5-12-10(11-4)13-6-9-14-7(2)8(3)15-9;/h5-6H2,1-4H3,(H2,11,12,13);1H. The highest BCUT2D eigenvalue weighted by Crippen LogP contribution is 2.07. The molecule has 0 aliphatic rings. The van der Waals surface area contributed by atoms with Gasteiger partial charge in [-0.25, -0.2) is 4.98 Å². The number of oxazole rings is 1. The molecule has 0 atom stereocenters. The molecule has 0 saturated heterocycles. The molecule has 2 N–H and O–H groups in total. The van der Waals surface area contributed by atoms with Crippen LogP contribution in [0, 0.1) is 13.8 Å². The zero-order valence-electron chi connectivity index (χ0n) is 10.1. The van der Waals surface area contributed by atoms with E-state index in [1.165, 1.54) is 0 Å². The Morgan fingerprint density at radius 3 is 2.50 bits per heavy atom. The number of aliphatic imine (C=N–C) groups is 1. The van der Waals surface area contributed by atoms with Gasteiger partial charge in [0.15, 0.2) is 5.96 Å². The molecule has 0 spiro atoms. The first-order valence-corrected chi connectivity index (χ1v) is 5.04. The minimum absolute atomic E-state index is 0. The van der Waals surface area contributed by atoms with Crippen LogP contribution in [-0.4, -0.2) is 24.5 Å². The average molecular weight is 338 g/mol. The molecule has 1 aromatic rings. The molecule has 0 bridgehead atoms. The van der Waals surface area contributed by atoms with E-state index in [1.807, 2.05) is 20.8 Å². The molecule has 0 radical (unpaired) electrons. The fourth-order valence-electron chi connectivity index (χ4n) is 1.16. The van der Waals surface area contributed by atoms with E-state index in [0.717, 1.165) is 24.0 Å². The summed E-state index contributed by atoms with van der Waals surface area (Å²) in [5.74, 6) is 2.31. The zero-order valence-corrected chi connectivity index (χ0v) is 12.5. The highest BCUT2D eigenvalue weighted by molar-refractivity contribution is 14.0. The quantitative estimate of drug-likeness (QED) is 0.499. The van der Waals surface area contributed by atoms with Gasteiger partial charge in [-0.05, 0) is 20.8 Å². The van der Waals surface area contributed by atoms with Crippen molar-refractivity contribution < 1.29 is 4.42 Å². The summed E-state index contributed by atoms with van der Waals surface area (Å²) in [5, 5.41) is 6.20.